The maximum atomic E-state index is 13.3. The van der Waals surface area contributed by atoms with E-state index in [1.54, 1.807) is 6.07 Å². The molecule has 2 rings (SSSR count). The zero-order valence-corrected chi connectivity index (χ0v) is 10.4. The van der Waals surface area contributed by atoms with Crippen LogP contribution < -0.4 is 15.8 Å². The quantitative estimate of drug-likeness (QED) is 0.845. The van der Waals surface area contributed by atoms with Crippen LogP contribution in [0.2, 0.25) is 0 Å². The number of nitrogens with one attached hydrogen (secondary N) is 1. The number of nitrogens with two attached hydrogens (primary N) is 1. The molecule has 0 fully saturated rings. The van der Waals surface area contributed by atoms with Gasteiger partial charge in [-0.2, -0.15) is 0 Å². The van der Waals surface area contributed by atoms with E-state index in [1.165, 1.54) is 30.3 Å². The van der Waals surface area contributed by atoms with Crippen LogP contribution in [0.15, 0.2) is 42.5 Å². The minimum absolute atomic E-state index is 0.0188. The second-order valence-electron chi connectivity index (χ2n) is 4.00. The molecule has 104 valence electrons. The number of rotatable bonds is 4. The van der Waals surface area contributed by atoms with Crippen LogP contribution in [0.5, 0.6) is 5.75 Å². The van der Waals surface area contributed by atoms with E-state index >= 15 is 0 Å². The first-order valence-electron chi connectivity index (χ1n) is 5.78. The van der Waals surface area contributed by atoms with Crippen LogP contribution in [0.25, 0.3) is 0 Å². The molecule has 0 aliphatic rings. The summed E-state index contributed by atoms with van der Waals surface area (Å²) in [4.78, 5) is 11.6. The van der Waals surface area contributed by atoms with Crippen molar-refractivity contribution in [2.45, 2.75) is 0 Å². The van der Waals surface area contributed by atoms with Gasteiger partial charge in [0.25, 0.3) is 5.91 Å². The molecule has 0 aromatic heterocycles. The van der Waals surface area contributed by atoms with Gasteiger partial charge in [0, 0.05) is 0 Å². The van der Waals surface area contributed by atoms with Gasteiger partial charge in [-0.1, -0.05) is 12.1 Å². The predicted molar refractivity (Wildman–Crippen MR) is 71.3 cm³/mol. The van der Waals surface area contributed by atoms with E-state index in [0.29, 0.717) is 0 Å². The van der Waals surface area contributed by atoms with Gasteiger partial charge in [0.1, 0.15) is 5.82 Å². The van der Waals surface area contributed by atoms with E-state index in [1.807, 2.05) is 0 Å². The van der Waals surface area contributed by atoms with E-state index in [2.05, 4.69) is 5.32 Å². The van der Waals surface area contributed by atoms with Gasteiger partial charge in [-0.3, -0.25) is 4.79 Å². The van der Waals surface area contributed by atoms with Crippen molar-refractivity contribution in [3.63, 3.8) is 0 Å². The lowest BCUT2D eigenvalue weighted by atomic mass is 10.2. The summed E-state index contributed by atoms with van der Waals surface area (Å²) >= 11 is 0. The van der Waals surface area contributed by atoms with E-state index in [0.717, 1.165) is 6.07 Å². The van der Waals surface area contributed by atoms with Crippen LogP contribution in [0.4, 0.5) is 20.2 Å². The Morgan fingerprint density at radius 1 is 1.20 bits per heavy atom. The van der Waals surface area contributed by atoms with Gasteiger partial charge in [0.15, 0.2) is 18.2 Å². The van der Waals surface area contributed by atoms with Crippen molar-refractivity contribution in [1.82, 2.24) is 0 Å². The molecular formula is C14H12F2N2O2. The predicted octanol–water partition coefficient (Wildman–Crippen LogP) is 2.56. The third-order valence-electron chi connectivity index (χ3n) is 2.48. The largest absolute Gasteiger partial charge is 0.481 e. The van der Waals surface area contributed by atoms with Crippen LogP contribution in [-0.2, 0) is 4.79 Å². The van der Waals surface area contributed by atoms with Gasteiger partial charge >= 0.3 is 0 Å². The van der Waals surface area contributed by atoms with Gasteiger partial charge in [-0.15, -0.1) is 0 Å². The number of carbonyl (C=O) groups is 1. The average molecular weight is 278 g/mol. The maximum Gasteiger partial charge on any atom is 0.262 e. The molecule has 2 aromatic rings. The average Bonchev–Trinajstić information content (AvgIpc) is 2.41. The number of ether oxygens (including phenoxy) is 1. The van der Waals surface area contributed by atoms with Crippen molar-refractivity contribution < 1.29 is 18.3 Å². The number of para-hydroxylation sites is 1. The second-order valence-corrected chi connectivity index (χ2v) is 4.00. The first-order chi connectivity index (χ1) is 9.56. The van der Waals surface area contributed by atoms with Crippen molar-refractivity contribution in [3.8, 4) is 5.75 Å². The minimum atomic E-state index is -0.554. The molecule has 0 saturated heterocycles. The molecule has 0 saturated carbocycles. The molecule has 1 amide bonds. The van der Waals surface area contributed by atoms with Crippen molar-refractivity contribution in [2.75, 3.05) is 17.7 Å². The Morgan fingerprint density at radius 3 is 2.65 bits per heavy atom. The number of benzene rings is 2. The summed E-state index contributed by atoms with van der Waals surface area (Å²) in [5.41, 5.74) is 5.92. The summed E-state index contributed by atoms with van der Waals surface area (Å²) in [6.07, 6.45) is 0. The fourth-order valence-corrected chi connectivity index (χ4v) is 1.54. The monoisotopic (exact) mass is 278 g/mol. The highest BCUT2D eigenvalue weighted by Crippen LogP contribution is 2.19. The summed E-state index contributed by atoms with van der Waals surface area (Å²) in [7, 11) is 0. The Kier molecular flexibility index (Phi) is 4.14. The molecule has 6 heteroatoms. The SMILES string of the molecule is Nc1cc(F)ccc1NC(=O)COc1ccccc1F. The van der Waals surface area contributed by atoms with Crippen molar-refractivity contribution in [1.29, 1.82) is 0 Å². The summed E-state index contributed by atoms with van der Waals surface area (Å²) in [5.74, 6) is -1.59. The Hall–Kier alpha value is -2.63. The molecular weight excluding hydrogens is 266 g/mol. The summed E-state index contributed by atoms with van der Waals surface area (Å²) in [5, 5.41) is 2.45. The van der Waals surface area contributed by atoms with Gasteiger partial charge in [-0.25, -0.2) is 8.78 Å². The van der Waals surface area contributed by atoms with E-state index < -0.39 is 17.5 Å². The molecule has 0 atom stereocenters. The van der Waals surface area contributed by atoms with Crippen LogP contribution >= 0.6 is 0 Å². The van der Waals surface area contributed by atoms with Crippen molar-refractivity contribution in [3.05, 3.63) is 54.1 Å². The molecule has 20 heavy (non-hydrogen) atoms. The summed E-state index contributed by atoms with van der Waals surface area (Å²) in [6.45, 7) is -0.377. The Morgan fingerprint density at radius 2 is 1.95 bits per heavy atom. The lowest BCUT2D eigenvalue weighted by Gasteiger charge is -2.09. The zero-order valence-electron chi connectivity index (χ0n) is 10.4. The minimum Gasteiger partial charge on any atom is -0.481 e. The fraction of sp³-hybridized carbons (Fsp3) is 0.0714. The molecule has 4 nitrogen and oxygen atoms in total. The Bertz CT molecular complexity index is 632. The van der Waals surface area contributed by atoms with E-state index in [9.17, 15) is 13.6 Å². The lowest BCUT2D eigenvalue weighted by molar-refractivity contribution is -0.118. The Labute approximate surface area is 114 Å². The third-order valence-corrected chi connectivity index (χ3v) is 2.48. The molecule has 2 aromatic carbocycles. The fourth-order valence-electron chi connectivity index (χ4n) is 1.54. The zero-order chi connectivity index (χ0) is 14.5. The highest BCUT2D eigenvalue weighted by molar-refractivity contribution is 5.94. The highest BCUT2D eigenvalue weighted by atomic mass is 19.1. The van der Waals surface area contributed by atoms with Crippen LogP contribution in [0, 0.1) is 11.6 Å². The van der Waals surface area contributed by atoms with Crippen LogP contribution in [-0.4, -0.2) is 12.5 Å². The molecule has 0 unspecified atom stereocenters. The number of halogens is 2. The third kappa shape index (κ3) is 3.44. The standard InChI is InChI=1S/C14H12F2N2O2/c15-9-5-6-12(11(17)7-9)18-14(19)8-20-13-4-2-1-3-10(13)16/h1-7H,8,17H2,(H,18,19). The van der Waals surface area contributed by atoms with E-state index in [4.69, 9.17) is 10.5 Å². The topological polar surface area (TPSA) is 64.3 Å². The summed E-state index contributed by atoms with van der Waals surface area (Å²) in [6, 6.07) is 9.35. The molecule has 0 spiro atoms. The molecule has 0 aliphatic heterocycles. The van der Waals surface area contributed by atoms with Gasteiger partial charge in [-0.05, 0) is 30.3 Å². The van der Waals surface area contributed by atoms with Crippen molar-refractivity contribution in [2.24, 2.45) is 0 Å². The molecule has 0 radical (unpaired) electrons. The van der Waals surface area contributed by atoms with Crippen LogP contribution in [0.3, 0.4) is 0 Å². The Balaban J connectivity index is 1.94. The first-order valence-corrected chi connectivity index (χ1v) is 5.78. The molecule has 3 N–H and O–H groups in total. The van der Waals surface area contributed by atoms with Crippen LogP contribution in [0.1, 0.15) is 0 Å². The molecule has 0 bridgehead atoms. The normalized spacial score (nSPS) is 10.1. The van der Waals surface area contributed by atoms with E-state index in [-0.39, 0.29) is 23.7 Å². The smallest absolute Gasteiger partial charge is 0.262 e. The highest BCUT2D eigenvalue weighted by Gasteiger charge is 2.08. The maximum absolute atomic E-state index is 13.3. The van der Waals surface area contributed by atoms with Gasteiger partial charge < -0.3 is 15.8 Å². The lowest BCUT2D eigenvalue weighted by Crippen LogP contribution is -2.21. The van der Waals surface area contributed by atoms with Gasteiger partial charge in [0.05, 0.1) is 11.4 Å². The summed E-state index contributed by atoms with van der Waals surface area (Å²) < 4.78 is 31.1. The second kappa shape index (κ2) is 6.01. The number of carbonyl (C=O) groups excluding carboxylic acids is 1. The number of hydrogen-bond donors (Lipinski definition) is 2. The van der Waals surface area contributed by atoms with Crippen molar-refractivity contribution >= 4 is 17.3 Å². The molecule has 0 heterocycles. The number of nitrogen functional groups attached to an aromatic ring is 1. The number of anilines is 2. The number of amides is 1. The number of hydrogen-bond acceptors (Lipinski definition) is 3. The molecule has 0 aliphatic carbocycles. The van der Waals surface area contributed by atoms with Gasteiger partial charge in [0.2, 0.25) is 0 Å². The first kappa shape index (κ1) is 13.8.